The van der Waals surface area contributed by atoms with Crippen molar-refractivity contribution in [3.8, 4) is 5.75 Å². The fraction of sp³-hybridized carbons (Fsp3) is 0.500. The van der Waals surface area contributed by atoms with Gasteiger partial charge in [0.15, 0.2) is 0 Å². The molecule has 0 aromatic heterocycles. The van der Waals surface area contributed by atoms with E-state index in [1.807, 2.05) is 0 Å². The maximum absolute atomic E-state index is 5.99. The van der Waals surface area contributed by atoms with Crippen LogP contribution in [0.3, 0.4) is 0 Å². The van der Waals surface area contributed by atoms with Gasteiger partial charge in [-0.2, -0.15) is 0 Å². The average Bonchev–Trinajstić information content (AvgIpc) is 2.92. The van der Waals surface area contributed by atoms with Crippen molar-refractivity contribution in [1.29, 1.82) is 0 Å². The van der Waals surface area contributed by atoms with Crippen LogP contribution in [-0.4, -0.2) is 43.2 Å². The van der Waals surface area contributed by atoms with Crippen LogP contribution in [0.2, 0.25) is 0 Å². The Morgan fingerprint density at radius 1 is 1.04 bits per heavy atom. The van der Waals surface area contributed by atoms with Crippen molar-refractivity contribution in [2.45, 2.75) is 43.8 Å². The zero-order valence-electron chi connectivity index (χ0n) is 13.9. The molecule has 3 heteroatoms. The van der Waals surface area contributed by atoms with E-state index in [0.29, 0.717) is 6.04 Å². The summed E-state index contributed by atoms with van der Waals surface area (Å²) in [5.74, 6) is 0.975. The molecular formula is C20H26N2O. The molecule has 0 aliphatic carbocycles. The highest BCUT2D eigenvalue weighted by atomic mass is 16.5. The lowest BCUT2D eigenvalue weighted by Gasteiger charge is -2.35. The minimum Gasteiger partial charge on any atom is -0.492 e. The van der Waals surface area contributed by atoms with Crippen molar-refractivity contribution in [2.24, 2.45) is 0 Å². The normalized spacial score (nSPS) is 26.8. The molecule has 2 unspecified atom stereocenters. The van der Waals surface area contributed by atoms with Gasteiger partial charge in [-0.15, -0.1) is 0 Å². The van der Waals surface area contributed by atoms with Crippen LogP contribution in [0, 0.1) is 0 Å². The molecule has 2 aromatic carbocycles. The number of nitrogens with zero attached hydrogens (tertiary/aromatic N) is 1. The summed E-state index contributed by atoms with van der Waals surface area (Å²) < 4.78 is 5.99. The fourth-order valence-corrected chi connectivity index (χ4v) is 4.13. The van der Waals surface area contributed by atoms with E-state index in [4.69, 9.17) is 4.74 Å². The van der Waals surface area contributed by atoms with Gasteiger partial charge in [0.05, 0.1) is 0 Å². The molecule has 4 rings (SSSR count). The molecule has 2 heterocycles. The molecule has 2 atom stereocenters. The molecule has 2 bridgehead atoms. The molecule has 122 valence electrons. The molecule has 0 saturated carbocycles. The van der Waals surface area contributed by atoms with Crippen molar-refractivity contribution in [3.05, 3.63) is 42.5 Å². The minimum absolute atomic E-state index is 0.717. The maximum Gasteiger partial charge on any atom is 0.120 e. The second kappa shape index (κ2) is 6.50. The van der Waals surface area contributed by atoms with Gasteiger partial charge in [-0.25, -0.2) is 0 Å². The van der Waals surface area contributed by atoms with E-state index >= 15 is 0 Å². The number of hydrogen-bond acceptors (Lipinski definition) is 3. The highest BCUT2D eigenvalue weighted by molar-refractivity contribution is 5.83. The van der Waals surface area contributed by atoms with Crippen molar-refractivity contribution in [1.82, 2.24) is 10.2 Å². The Bertz CT molecular complexity index is 659. The summed E-state index contributed by atoms with van der Waals surface area (Å²) in [4.78, 5) is 2.49. The average molecular weight is 310 g/mol. The molecule has 2 aliphatic rings. The number of ether oxygens (including phenoxy) is 1. The monoisotopic (exact) mass is 310 g/mol. The van der Waals surface area contributed by atoms with Crippen molar-refractivity contribution >= 4 is 10.8 Å². The SMILES string of the molecule is CN(CCOc1ccc2ccccc2c1)C1CC2CCC(C1)N2. The van der Waals surface area contributed by atoms with E-state index in [9.17, 15) is 0 Å². The summed E-state index contributed by atoms with van der Waals surface area (Å²) in [6, 6.07) is 17.0. The zero-order valence-corrected chi connectivity index (χ0v) is 13.9. The number of piperidine rings is 1. The summed E-state index contributed by atoms with van der Waals surface area (Å²) in [6.07, 6.45) is 5.32. The predicted octanol–water partition coefficient (Wildman–Crippen LogP) is 3.43. The van der Waals surface area contributed by atoms with Crippen LogP contribution in [0.1, 0.15) is 25.7 Å². The van der Waals surface area contributed by atoms with Gasteiger partial charge in [0, 0.05) is 24.7 Å². The lowest BCUT2D eigenvalue weighted by atomic mass is 9.99. The van der Waals surface area contributed by atoms with Crippen molar-refractivity contribution in [2.75, 3.05) is 20.2 Å². The predicted molar refractivity (Wildman–Crippen MR) is 95.0 cm³/mol. The number of rotatable bonds is 5. The van der Waals surface area contributed by atoms with E-state index in [0.717, 1.165) is 31.0 Å². The molecule has 2 fully saturated rings. The number of fused-ring (bicyclic) bond motifs is 3. The summed E-state index contributed by atoms with van der Waals surface area (Å²) in [5, 5.41) is 6.23. The molecule has 0 radical (unpaired) electrons. The third-order valence-corrected chi connectivity index (χ3v) is 5.51. The van der Waals surface area contributed by atoms with Crippen molar-refractivity contribution < 1.29 is 4.74 Å². The molecule has 23 heavy (non-hydrogen) atoms. The van der Waals surface area contributed by atoms with Crippen molar-refractivity contribution in [3.63, 3.8) is 0 Å². The van der Waals surface area contributed by atoms with Crippen LogP contribution in [0.25, 0.3) is 10.8 Å². The molecule has 2 aliphatic heterocycles. The zero-order chi connectivity index (χ0) is 15.6. The molecule has 2 aromatic rings. The van der Waals surface area contributed by atoms with Gasteiger partial charge in [0.1, 0.15) is 12.4 Å². The molecular weight excluding hydrogens is 284 g/mol. The molecule has 2 saturated heterocycles. The van der Waals surface area contributed by atoms with Gasteiger partial charge < -0.3 is 10.1 Å². The quantitative estimate of drug-likeness (QED) is 0.915. The van der Waals surface area contributed by atoms with Gasteiger partial charge in [-0.3, -0.25) is 4.90 Å². The summed E-state index contributed by atoms with van der Waals surface area (Å²) in [5.41, 5.74) is 0. The fourth-order valence-electron chi connectivity index (χ4n) is 4.13. The summed E-state index contributed by atoms with van der Waals surface area (Å²) in [7, 11) is 2.25. The Hall–Kier alpha value is -1.58. The Labute approximate surface area is 138 Å². The summed E-state index contributed by atoms with van der Waals surface area (Å²) >= 11 is 0. The Morgan fingerprint density at radius 2 is 1.78 bits per heavy atom. The third-order valence-electron chi connectivity index (χ3n) is 5.51. The van der Waals surface area contributed by atoms with Crippen LogP contribution in [0.5, 0.6) is 5.75 Å². The number of hydrogen-bond donors (Lipinski definition) is 1. The van der Waals surface area contributed by atoms with Crippen LogP contribution < -0.4 is 10.1 Å². The summed E-state index contributed by atoms with van der Waals surface area (Å²) in [6.45, 7) is 1.75. The topological polar surface area (TPSA) is 24.5 Å². The largest absolute Gasteiger partial charge is 0.492 e. The number of nitrogens with one attached hydrogen (secondary N) is 1. The van der Waals surface area contributed by atoms with E-state index in [1.165, 1.54) is 36.5 Å². The van der Waals surface area contributed by atoms with Gasteiger partial charge in [0.2, 0.25) is 0 Å². The van der Waals surface area contributed by atoms with E-state index < -0.39 is 0 Å². The lowest BCUT2D eigenvalue weighted by Crippen LogP contribution is -2.47. The lowest BCUT2D eigenvalue weighted by molar-refractivity contribution is 0.147. The second-order valence-electron chi connectivity index (χ2n) is 7.10. The smallest absolute Gasteiger partial charge is 0.120 e. The first-order valence-electron chi connectivity index (χ1n) is 8.86. The minimum atomic E-state index is 0.717. The first kappa shape index (κ1) is 15.0. The Kier molecular flexibility index (Phi) is 4.23. The highest BCUT2D eigenvalue weighted by Crippen LogP contribution is 2.29. The van der Waals surface area contributed by atoms with Gasteiger partial charge in [-0.1, -0.05) is 30.3 Å². The standard InChI is InChI=1S/C20H26N2O/c1-22(19-13-17-7-8-18(14-19)21-17)10-11-23-20-9-6-15-4-2-3-5-16(15)12-20/h2-6,9,12,17-19,21H,7-8,10-11,13-14H2,1H3. The molecule has 1 N–H and O–H groups in total. The van der Waals surface area contributed by atoms with E-state index in [1.54, 1.807) is 0 Å². The molecule has 0 amide bonds. The molecule has 3 nitrogen and oxygen atoms in total. The van der Waals surface area contributed by atoms with Gasteiger partial charge in [-0.05, 0) is 55.6 Å². The van der Waals surface area contributed by atoms with Gasteiger partial charge >= 0.3 is 0 Å². The first-order valence-corrected chi connectivity index (χ1v) is 8.86. The van der Waals surface area contributed by atoms with E-state index in [2.05, 4.69) is 59.7 Å². The molecule has 0 spiro atoms. The number of benzene rings is 2. The van der Waals surface area contributed by atoms with Gasteiger partial charge in [0.25, 0.3) is 0 Å². The highest BCUT2D eigenvalue weighted by Gasteiger charge is 2.34. The van der Waals surface area contributed by atoms with Crippen LogP contribution in [0.4, 0.5) is 0 Å². The first-order chi connectivity index (χ1) is 11.3. The maximum atomic E-state index is 5.99. The Balaban J connectivity index is 1.30. The second-order valence-corrected chi connectivity index (χ2v) is 7.10. The number of likely N-dealkylation sites (N-methyl/N-ethyl adjacent to an activating group) is 1. The van der Waals surface area contributed by atoms with Crippen LogP contribution in [0.15, 0.2) is 42.5 Å². The van der Waals surface area contributed by atoms with Crippen LogP contribution >= 0.6 is 0 Å². The third kappa shape index (κ3) is 3.36. The Morgan fingerprint density at radius 3 is 2.57 bits per heavy atom. The van der Waals surface area contributed by atoms with E-state index in [-0.39, 0.29) is 0 Å². The van der Waals surface area contributed by atoms with Crippen LogP contribution in [-0.2, 0) is 0 Å².